The number of amides is 2. The predicted octanol–water partition coefficient (Wildman–Crippen LogP) is 3.63. The lowest BCUT2D eigenvalue weighted by atomic mass is 9.94. The van der Waals surface area contributed by atoms with E-state index in [0.717, 1.165) is 5.56 Å². The Bertz CT molecular complexity index is 414. The molecule has 0 aromatic heterocycles. The van der Waals surface area contributed by atoms with Crippen LogP contribution in [-0.2, 0) is 5.54 Å². The summed E-state index contributed by atoms with van der Waals surface area (Å²) in [5.41, 5.74) is 0.435. The summed E-state index contributed by atoms with van der Waals surface area (Å²) in [6, 6.07) is 7.51. The highest BCUT2D eigenvalue weighted by molar-refractivity contribution is 6.31. The molecule has 3 nitrogen and oxygen atoms in total. The van der Waals surface area contributed by atoms with Crippen molar-refractivity contribution in [3.63, 3.8) is 0 Å². The molecule has 0 aliphatic heterocycles. The molecule has 2 amide bonds. The maximum absolute atomic E-state index is 12.1. The van der Waals surface area contributed by atoms with Crippen molar-refractivity contribution in [3.8, 4) is 0 Å². The Morgan fingerprint density at radius 3 is 2.33 bits per heavy atom. The number of carbonyl (C=O) groups excluding carboxylic acids is 1. The van der Waals surface area contributed by atoms with Crippen LogP contribution in [0.5, 0.6) is 0 Å². The average molecular weight is 269 g/mol. The number of nitrogens with zero attached hydrogens (tertiary/aromatic N) is 1. The summed E-state index contributed by atoms with van der Waals surface area (Å²) < 4.78 is 0. The summed E-state index contributed by atoms with van der Waals surface area (Å²) in [6.45, 7) is 9.23. The van der Waals surface area contributed by atoms with Crippen LogP contribution in [0.4, 0.5) is 4.79 Å². The number of hydrogen-bond acceptors (Lipinski definition) is 1. The first-order valence-corrected chi connectivity index (χ1v) is 6.62. The van der Waals surface area contributed by atoms with Crippen LogP contribution in [0.15, 0.2) is 24.3 Å². The van der Waals surface area contributed by atoms with Crippen molar-refractivity contribution in [3.05, 3.63) is 34.9 Å². The monoisotopic (exact) mass is 268 g/mol. The molecule has 1 N–H and O–H groups in total. The van der Waals surface area contributed by atoms with Gasteiger partial charge in [0.15, 0.2) is 0 Å². The summed E-state index contributed by atoms with van der Waals surface area (Å²) >= 11 is 6.17. The summed E-state index contributed by atoms with van der Waals surface area (Å²) in [5, 5.41) is 3.69. The minimum Gasteiger partial charge on any atom is -0.329 e. The van der Waals surface area contributed by atoms with Crippen molar-refractivity contribution >= 4 is 17.6 Å². The fraction of sp³-hybridized carbons (Fsp3) is 0.500. The highest BCUT2D eigenvalue weighted by atomic mass is 35.5. The van der Waals surface area contributed by atoms with E-state index < -0.39 is 5.54 Å². The Morgan fingerprint density at radius 2 is 1.83 bits per heavy atom. The van der Waals surface area contributed by atoms with Crippen LogP contribution >= 0.6 is 11.6 Å². The molecule has 100 valence electrons. The Hall–Kier alpha value is -1.22. The molecule has 0 bridgehead atoms. The number of halogens is 1. The second-order valence-corrected chi connectivity index (χ2v) is 5.11. The minimum atomic E-state index is -0.488. The van der Waals surface area contributed by atoms with Gasteiger partial charge in [0.2, 0.25) is 0 Å². The first-order valence-electron chi connectivity index (χ1n) is 6.24. The molecule has 1 aromatic carbocycles. The number of nitrogens with one attached hydrogen (secondary N) is 1. The molecule has 0 heterocycles. The molecular weight excluding hydrogens is 248 g/mol. The third-order valence-electron chi connectivity index (χ3n) is 3.02. The van der Waals surface area contributed by atoms with Gasteiger partial charge in [-0.25, -0.2) is 4.79 Å². The molecule has 4 heteroatoms. The molecule has 0 aliphatic rings. The van der Waals surface area contributed by atoms with Gasteiger partial charge in [-0.1, -0.05) is 29.8 Å². The van der Waals surface area contributed by atoms with Crippen molar-refractivity contribution in [2.24, 2.45) is 0 Å². The Morgan fingerprint density at radius 1 is 1.28 bits per heavy atom. The fourth-order valence-corrected chi connectivity index (χ4v) is 2.26. The average Bonchev–Trinajstić information content (AvgIpc) is 2.30. The third-order valence-corrected chi connectivity index (χ3v) is 3.35. The zero-order valence-electron chi connectivity index (χ0n) is 11.5. The van der Waals surface area contributed by atoms with Gasteiger partial charge >= 0.3 is 6.03 Å². The van der Waals surface area contributed by atoms with E-state index in [9.17, 15) is 4.79 Å². The molecule has 0 aliphatic carbocycles. The van der Waals surface area contributed by atoms with Gasteiger partial charge in [-0.15, -0.1) is 0 Å². The Kier molecular flexibility index (Phi) is 5.03. The smallest absolute Gasteiger partial charge is 0.318 e. The molecular formula is C14H21ClN2O. The topological polar surface area (TPSA) is 32.3 Å². The largest absolute Gasteiger partial charge is 0.329 e. The van der Waals surface area contributed by atoms with Crippen LogP contribution < -0.4 is 5.32 Å². The maximum Gasteiger partial charge on any atom is 0.318 e. The van der Waals surface area contributed by atoms with E-state index in [1.165, 1.54) is 0 Å². The van der Waals surface area contributed by atoms with E-state index in [1.807, 2.05) is 52.0 Å². The van der Waals surface area contributed by atoms with Crippen LogP contribution in [0.3, 0.4) is 0 Å². The lowest BCUT2D eigenvalue weighted by Gasteiger charge is -2.31. The van der Waals surface area contributed by atoms with Crippen LogP contribution in [0.2, 0.25) is 5.02 Å². The van der Waals surface area contributed by atoms with Crippen molar-refractivity contribution in [1.29, 1.82) is 0 Å². The van der Waals surface area contributed by atoms with Gasteiger partial charge in [-0.05, 0) is 39.3 Å². The zero-order valence-corrected chi connectivity index (χ0v) is 12.2. The summed E-state index contributed by atoms with van der Waals surface area (Å²) in [6.07, 6.45) is 0. The first-order chi connectivity index (χ1) is 8.42. The van der Waals surface area contributed by atoms with E-state index >= 15 is 0 Å². The molecule has 1 rings (SSSR count). The fourth-order valence-electron chi connectivity index (χ4n) is 1.89. The van der Waals surface area contributed by atoms with Crippen molar-refractivity contribution < 1.29 is 4.79 Å². The molecule has 0 atom stereocenters. The molecule has 0 unspecified atom stereocenters. The molecule has 0 spiro atoms. The van der Waals surface area contributed by atoms with Crippen LogP contribution in [-0.4, -0.2) is 24.0 Å². The van der Waals surface area contributed by atoms with Crippen molar-refractivity contribution in [2.45, 2.75) is 33.2 Å². The number of rotatable bonds is 4. The van der Waals surface area contributed by atoms with E-state index in [-0.39, 0.29) is 6.03 Å². The van der Waals surface area contributed by atoms with Crippen molar-refractivity contribution in [2.75, 3.05) is 13.1 Å². The third kappa shape index (κ3) is 3.39. The molecule has 0 radical (unpaired) electrons. The van der Waals surface area contributed by atoms with E-state index in [0.29, 0.717) is 18.1 Å². The molecule has 0 saturated carbocycles. The first kappa shape index (κ1) is 14.8. The standard InChI is InChI=1S/C14H21ClN2O/c1-5-17(6-2)13(18)16-14(3,4)11-9-7-8-10-12(11)15/h7-10H,5-6H2,1-4H3,(H,16,18). The quantitative estimate of drug-likeness (QED) is 0.889. The predicted molar refractivity (Wildman–Crippen MR) is 75.9 cm³/mol. The molecule has 18 heavy (non-hydrogen) atoms. The minimum absolute atomic E-state index is 0.0649. The van der Waals surface area contributed by atoms with E-state index in [1.54, 1.807) is 4.90 Å². The SMILES string of the molecule is CCN(CC)C(=O)NC(C)(C)c1ccccc1Cl. The van der Waals surface area contributed by atoms with Gasteiger partial charge < -0.3 is 10.2 Å². The number of carbonyl (C=O) groups is 1. The highest BCUT2D eigenvalue weighted by Crippen LogP contribution is 2.27. The normalized spacial score (nSPS) is 11.2. The molecule has 1 aromatic rings. The molecule has 0 saturated heterocycles. The Balaban J connectivity index is 2.88. The zero-order chi connectivity index (χ0) is 13.8. The second kappa shape index (κ2) is 6.10. The Labute approximate surface area is 114 Å². The number of hydrogen-bond donors (Lipinski definition) is 1. The van der Waals surface area contributed by atoms with E-state index in [4.69, 9.17) is 11.6 Å². The summed E-state index contributed by atoms with van der Waals surface area (Å²) in [5.74, 6) is 0. The summed E-state index contributed by atoms with van der Waals surface area (Å²) in [4.78, 5) is 13.8. The van der Waals surface area contributed by atoms with Gasteiger partial charge in [0.25, 0.3) is 0 Å². The van der Waals surface area contributed by atoms with E-state index in [2.05, 4.69) is 5.32 Å². The van der Waals surface area contributed by atoms with Crippen LogP contribution in [0.1, 0.15) is 33.3 Å². The van der Waals surface area contributed by atoms with Crippen molar-refractivity contribution in [1.82, 2.24) is 10.2 Å². The number of benzene rings is 1. The van der Waals surface area contributed by atoms with Crippen LogP contribution in [0.25, 0.3) is 0 Å². The summed E-state index contributed by atoms with van der Waals surface area (Å²) in [7, 11) is 0. The van der Waals surface area contributed by atoms with Gasteiger partial charge in [-0.2, -0.15) is 0 Å². The highest BCUT2D eigenvalue weighted by Gasteiger charge is 2.26. The molecule has 0 fully saturated rings. The maximum atomic E-state index is 12.1. The lowest BCUT2D eigenvalue weighted by molar-refractivity contribution is 0.192. The van der Waals surface area contributed by atoms with Gasteiger partial charge in [-0.3, -0.25) is 0 Å². The van der Waals surface area contributed by atoms with Crippen LogP contribution in [0, 0.1) is 0 Å². The van der Waals surface area contributed by atoms with Gasteiger partial charge in [0.1, 0.15) is 0 Å². The van der Waals surface area contributed by atoms with Gasteiger partial charge in [0.05, 0.1) is 5.54 Å². The lowest BCUT2D eigenvalue weighted by Crippen LogP contribution is -2.48. The number of urea groups is 1. The second-order valence-electron chi connectivity index (χ2n) is 4.71. The van der Waals surface area contributed by atoms with Gasteiger partial charge in [0, 0.05) is 18.1 Å².